The Morgan fingerprint density at radius 2 is 2.00 bits per heavy atom. The van der Waals surface area contributed by atoms with E-state index in [0.717, 1.165) is 31.7 Å². The summed E-state index contributed by atoms with van der Waals surface area (Å²) in [4.78, 5) is 15.7. The van der Waals surface area contributed by atoms with E-state index in [-0.39, 0.29) is 0 Å². The van der Waals surface area contributed by atoms with Crippen molar-refractivity contribution in [2.75, 3.05) is 40.3 Å². The minimum Gasteiger partial charge on any atom is -0.493 e. The highest BCUT2D eigenvalue weighted by atomic mass is 35.5. The number of carbonyl (C=O) groups is 1. The molecule has 0 amide bonds. The normalized spacial score (nSPS) is 17.7. The van der Waals surface area contributed by atoms with Crippen molar-refractivity contribution < 1.29 is 19.4 Å². The van der Waals surface area contributed by atoms with Gasteiger partial charge in [-0.05, 0) is 20.0 Å². The molecule has 0 bridgehead atoms. The molecule has 1 aliphatic rings. The van der Waals surface area contributed by atoms with Crippen molar-refractivity contribution >= 4 is 17.6 Å². The molecular weight excluding hydrogens is 320 g/mol. The molecule has 23 heavy (non-hydrogen) atoms. The van der Waals surface area contributed by atoms with Crippen LogP contribution in [0.15, 0.2) is 12.1 Å². The molecule has 0 spiro atoms. The van der Waals surface area contributed by atoms with Crippen LogP contribution in [0.5, 0.6) is 11.5 Å². The van der Waals surface area contributed by atoms with E-state index in [9.17, 15) is 4.79 Å². The first-order valence-electron chi connectivity index (χ1n) is 7.57. The second-order valence-electron chi connectivity index (χ2n) is 5.77. The highest BCUT2D eigenvalue weighted by Crippen LogP contribution is 2.36. The number of methoxy groups -OCH3 is 1. The monoisotopic (exact) mass is 342 g/mol. The van der Waals surface area contributed by atoms with E-state index in [1.807, 2.05) is 6.07 Å². The summed E-state index contributed by atoms with van der Waals surface area (Å²) < 4.78 is 11.0. The summed E-state index contributed by atoms with van der Waals surface area (Å²) >= 11 is 6.16. The van der Waals surface area contributed by atoms with Gasteiger partial charge in [-0.2, -0.15) is 0 Å². The van der Waals surface area contributed by atoms with Crippen LogP contribution >= 0.6 is 11.6 Å². The summed E-state index contributed by atoms with van der Waals surface area (Å²) in [6.45, 7) is 6.03. The van der Waals surface area contributed by atoms with Crippen molar-refractivity contribution in [2.24, 2.45) is 0 Å². The number of carboxylic acid groups (broad SMARTS) is 1. The Labute approximate surface area is 141 Å². The van der Waals surface area contributed by atoms with Gasteiger partial charge in [0.1, 0.15) is 0 Å². The summed E-state index contributed by atoms with van der Waals surface area (Å²) in [6.07, 6.45) is -0.962. The third-order valence-electron chi connectivity index (χ3n) is 3.95. The predicted octanol–water partition coefficient (Wildman–Crippen LogP) is 1.95. The summed E-state index contributed by atoms with van der Waals surface area (Å²) in [5.41, 5.74) is 0.840. The molecule has 1 atom stereocenters. The largest absolute Gasteiger partial charge is 0.493 e. The lowest BCUT2D eigenvalue weighted by Gasteiger charge is -2.33. The van der Waals surface area contributed by atoms with Gasteiger partial charge in [-0.25, -0.2) is 4.79 Å². The van der Waals surface area contributed by atoms with Gasteiger partial charge in [0.2, 0.25) is 0 Å². The van der Waals surface area contributed by atoms with Gasteiger partial charge in [-0.15, -0.1) is 0 Å². The minimum absolute atomic E-state index is 0.450. The molecule has 0 aliphatic carbocycles. The first-order chi connectivity index (χ1) is 10.9. The number of halogens is 1. The number of benzene rings is 1. The molecule has 0 saturated carbocycles. The average molecular weight is 343 g/mol. The Morgan fingerprint density at radius 3 is 2.57 bits per heavy atom. The van der Waals surface area contributed by atoms with Crippen LogP contribution in [-0.4, -0.2) is 67.3 Å². The Morgan fingerprint density at radius 1 is 1.35 bits per heavy atom. The molecule has 0 radical (unpaired) electrons. The van der Waals surface area contributed by atoms with Gasteiger partial charge in [0.15, 0.2) is 17.6 Å². The lowest BCUT2D eigenvalue weighted by Crippen LogP contribution is -2.44. The third-order valence-corrected chi connectivity index (χ3v) is 4.17. The van der Waals surface area contributed by atoms with Crippen molar-refractivity contribution in [2.45, 2.75) is 19.6 Å². The fourth-order valence-electron chi connectivity index (χ4n) is 2.50. The highest BCUT2D eigenvalue weighted by molar-refractivity contribution is 6.30. The highest BCUT2D eigenvalue weighted by Gasteiger charge is 2.22. The van der Waals surface area contributed by atoms with Crippen LogP contribution in [0.3, 0.4) is 0 Å². The summed E-state index contributed by atoms with van der Waals surface area (Å²) in [6, 6.07) is 3.45. The Hall–Kier alpha value is -1.50. The molecule has 1 saturated heterocycles. The molecule has 0 unspecified atom stereocenters. The fraction of sp³-hybridized carbons (Fsp3) is 0.562. The van der Waals surface area contributed by atoms with Gasteiger partial charge in [0, 0.05) is 49.4 Å². The van der Waals surface area contributed by atoms with Gasteiger partial charge in [0.25, 0.3) is 0 Å². The van der Waals surface area contributed by atoms with Crippen LogP contribution in [0.25, 0.3) is 0 Å². The number of ether oxygens (including phenoxy) is 2. The molecular formula is C16H23ClN2O4. The SMILES string of the molecule is COc1cc(Cl)cc(CN2CCN(C)CC2)c1O[C@H](C)C(=O)O. The Kier molecular flexibility index (Phi) is 6.10. The number of likely N-dealkylation sites (N-methyl/N-ethyl adjacent to an activating group) is 1. The number of carboxylic acids is 1. The van der Waals surface area contributed by atoms with Gasteiger partial charge < -0.3 is 19.5 Å². The van der Waals surface area contributed by atoms with Gasteiger partial charge in [0.05, 0.1) is 7.11 Å². The number of aliphatic carboxylic acids is 1. The van der Waals surface area contributed by atoms with E-state index in [2.05, 4.69) is 16.8 Å². The lowest BCUT2D eigenvalue weighted by molar-refractivity contribution is -0.144. The quantitative estimate of drug-likeness (QED) is 0.852. The average Bonchev–Trinajstić information content (AvgIpc) is 2.51. The fourth-order valence-corrected chi connectivity index (χ4v) is 2.73. The zero-order chi connectivity index (χ0) is 17.0. The first kappa shape index (κ1) is 17.8. The first-order valence-corrected chi connectivity index (χ1v) is 7.95. The standard InChI is InChI=1S/C16H23ClN2O4/c1-11(16(20)21)23-15-12(8-13(17)9-14(15)22-3)10-19-6-4-18(2)5-7-19/h8-9,11H,4-7,10H2,1-3H3,(H,20,21)/t11-/m1/s1. The molecule has 1 aromatic carbocycles. The van der Waals surface area contributed by atoms with E-state index in [4.69, 9.17) is 26.2 Å². The number of hydrogen-bond acceptors (Lipinski definition) is 5. The number of hydrogen-bond donors (Lipinski definition) is 1. The third kappa shape index (κ3) is 4.73. The summed E-state index contributed by atoms with van der Waals surface area (Å²) in [5, 5.41) is 9.64. The molecule has 2 rings (SSSR count). The van der Waals surface area contributed by atoms with Crippen LogP contribution in [0.2, 0.25) is 5.02 Å². The molecule has 0 aromatic heterocycles. The van der Waals surface area contributed by atoms with Gasteiger partial charge >= 0.3 is 5.97 Å². The maximum atomic E-state index is 11.1. The second-order valence-corrected chi connectivity index (χ2v) is 6.21. The molecule has 1 aromatic rings. The van der Waals surface area contributed by atoms with Crippen molar-refractivity contribution in [1.29, 1.82) is 0 Å². The molecule has 6 nitrogen and oxygen atoms in total. The lowest BCUT2D eigenvalue weighted by atomic mass is 10.1. The zero-order valence-corrected chi connectivity index (χ0v) is 14.5. The van der Waals surface area contributed by atoms with E-state index in [1.54, 1.807) is 6.07 Å². The predicted molar refractivity (Wildman–Crippen MR) is 88.5 cm³/mol. The topological polar surface area (TPSA) is 62.2 Å². The Balaban J connectivity index is 2.25. The zero-order valence-electron chi connectivity index (χ0n) is 13.7. The van der Waals surface area contributed by atoms with Crippen LogP contribution in [0, 0.1) is 0 Å². The summed E-state index contributed by atoms with van der Waals surface area (Å²) in [7, 11) is 3.62. The van der Waals surface area contributed by atoms with Gasteiger partial charge in [-0.3, -0.25) is 4.90 Å². The molecule has 1 N–H and O–H groups in total. The van der Waals surface area contributed by atoms with E-state index in [0.29, 0.717) is 23.1 Å². The van der Waals surface area contributed by atoms with Crippen LogP contribution in [-0.2, 0) is 11.3 Å². The van der Waals surface area contributed by atoms with Crippen molar-refractivity contribution in [1.82, 2.24) is 9.80 Å². The number of nitrogens with zero attached hydrogens (tertiary/aromatic N) is 2. The molecule has 7 heteroatoms. The van der Waals surface area contributed by atoms with Crippen molar-refractivity contribution in [3.05, 3.63) is 22.7 Å². The summed E-state index contributed by atoms with van der Waals surface area (Å²) in [5.74, 6) is -0.118. The van der Waals surface area contributed by atoms with E-state index < -0.39 is 12.1 Å². The second kappa shape index (κ2) is 7.86. The molecule has 1 fully saturated rings. The number of piperazine rings is 1. The Bertz CT molecular complexity index is 559. The molecule has 128 valence electrons. The van der Waals surface area contributed by atoms with Crippen molar-refractivity contribution in [3.8, 4) is 11.5 Å². The van der Waals surface area contributed by atoms with Crippen molar-refractivity contribution in [3.63, 3.8) is 0 Å². The number of rotatable bonds is 6. The minimum atomic E-state index is -1.02. The van der Waals surface area contributed by atoms with E-state index in [1.165, 1.54) is 14.0 Å². The van der Waals surface area contributed by atoms with Gasteiger partial charge in [-0.1, -0.05) is 11.6 Å². The van der Waals surface area contributed by atoms with Crippen LogP contribution < -0.4 is 9.47 Å². The van der Waals surface area contributed by atoms with E-state index >= 15 is 0 Å². The van der Waals surface area contributed by atoms with Crippen LogP contribution in [0.4, 0.5) is 0 Å². The molecule has 1 aliphatic heterocycles. The van der Waals surface area contributed by atoms with Crippen LogP contribution in [0.1, 0.15) is 12.5 Å². The maximum Gasteiger partial charge on any atom is 0.344 e. The maximum absolute atomic E-state index is 11.1. The smallest absolute Gasteiger partial charge is 0.344 e. The molecule has 1 heterocycles.